The van der Waals surface area contributed by atoms with Crippen molar-refractivity contribution in [3.05, 3.63) is 56.6 Å². The first-order valence-electron chi connectivity index (χ1n) is 4.67. The van der Waals surface area contributed by atoms with Crippen molar-refractivity contribution < 1.29 is 0 Å². The molecule has 0 spiro atoms. The molecule has 2 aromatic rings. The molecule has 0 fully saturated rings. The number of halogens is 2. The molecule has 0 aliphatic heterocycles. The van der Waals surface area contributed by atoms with E-state index in [2.05, 4.69) is 48.7 Å². The van der Waals surface area contributed by atoms with Crippen LogP contribution in [0.15, 0.2) is 63.2 Å². The highest BCUT2D eigenvalue weighted by Gasteiger charge is 1.95. The fourth-order valence-electron chi connectivity index (χ4n) is 1.15. The molecular weight excluding hydrogens is 379 g/mol. The summed E-state index contributed by atoms with van der Waals surface area (Å²) < 4.78 is 2.14. The van der Waals surface area contributed by atoms with Gasteiger partial charge < -0.3 is 0 Å². The van der Waals surface area contributed by atoms with Gasteiger partial charge in [-0.1, -0.05) is 28.1 Å². The molecule has 2 rings (SSSR count). The van der Waals surface area contributed by atoms with E-state index in [1.54, 1.807) is 0 Å². The van der Waals surface area contributed by atoms with Crippen LogP contribution in [-0.4, -0.2) is 0 Å². The minimum atomic E-state index is 0.850. The van der Waals surface area contributed by atoms with Crippen molar-refractivity contribution >= 4 is 49.9 Å². The highest BCUT2D eigenvalue weighted by Crippen LogP contribution is 2.24. The standard InChI is InChI=1S/C12H8BrIN2/c13-9-5-7-10(8-6-9)15-16-12-4-2-1-3-11(12)14/h1-8H. The Kier molecular flexibility index (Phi) is 4.06. The number of nitrogens with zero attached hydrogens (tertiary/aromatic N) is 2. The molecule has 2 nitrogen and oxygen atoms in total. The summed E-state index contributed by atoms with van der Waals surface area (Å²) in [5.74, 6) is 0. The average molecular weight is 387 g/mol. The molecule has 16 heavy (non-hydrogen) atoms. The second-order valence-corrected chi connectivity index (χ2v) is 5.21. The first-order valence-corrected chi connectivity index (χ1v) is 6.55. The van der Waals surface area contributed by atoms with Crippen LogP contribution in [0.3, 0.4) is 0 Å². The van der Waals surface area contributed by atoms with Crippen LogP contribution >= 0.6 is 38.5 Å². The van der Waals surface area contributed by atoms with E-state index in [9.17, 15) is 0 Å². The lowest BCUT2D eigenvalue weighted by molar-refractivity contribution is 1.22. The van der Waals surface area contributed by atoms with Gasteiger partial charge in [0.2, 0.25) is 0 Å². The molecule has 0 atom stereocenters. The zero-order chi connectivity index (χ0) is 11.4. The maximum atomic E-state index is 4.21. The topological polar surface area (TPSA) is 24.7 Å². The Labute approximate surface area is 116 Å². The third-order valence-corrected chi connectivity index (χ3v) is 3.39. The summed E-state index contributed by atoms with van der Waals surface area (Å²) in [5, 5.41) is 8.39. The van der Waals surface area contributed by atoms with Gasteiger partial charge in [-0.15, -0.1) is 5.11 Å². The lowest BCUT2D eigenvalue weighted by Gasteiger charge is -1.96. The largest absolute Gasteiger partial charge is 0.151 e. The predicted octanol–water partition coefficient (Wildman–Crippen LogP) is 5.47. The van der Waals surface area contributed by atoms with E-state index >= 15 is 0 Å². The predicted molar refractivity (Wildman–Crippen MR) is 77.5 cm³/mol. The number of benzene rings is 2. The normalized spacial score (nSPS) is 10.9. The van der Waals surface area contributed by atoms with E-state index < -0.39 is 0 Å². The van der Waals surface area contributed by atoms with Crippen LogP contribution in [0.5, 0.6) is 0 Å². The zero-order valence-electron chi connectivity index (χ0n) is 8.27. The van der Waals surface area contributed by atoms with Gasteiger partial charge in [0.05, 0.1) is 11.4 Å². The molecule has 0 amide bonds. The van der Waals surface area contributed by atoms with Crippen molar-refractivity contribution in [2.24, 2.45) is 10.2 Å². The van der Waals surface area contributed by atoms with Crippen LogP contribution in [0.2, 0.25) is 0 Å². The molecule has 0 aliphatic rings. The van der Waals surface area contributed by atoms with Crippen molar-refractivity contribution in [3.63, 3.8) is 0 Å². The fraction of sp³-hybridized carbons (Fsp3) is 0. The van der Waals surface area contributed by atoms with Gasteiger partial charge in [-0.2, -0.15) is 5.11 Å². The van der Waals surface area contributed by atoms with E-state index in [1.807, 2.05) is 48.5 Å². The van der Waals surface area contributed by atoms with Gasteiger partial charge in [0.25, 0.3) is 0 Å². The summed E-state index contributed by atoms with van der Waals surface area (Å²) in [4.78, 5) is 0. The first-order chi connectivity index (χ1) is 7.75. The Morgan fingerprint density at radius 2 is 1.56 bits per heavy atom. The zero-order valence-corrected chi connectivity index (χ0v) is 12.0. The molecule has 0 aliphatic carbocycles. The van der Waals surface area contributed by atoms with Gasteiger partial charge >= 0.3 is 0 Å². The summed E-state index contributed by atoms with van der Waals surface area (Å²) in [6.07, 6.45) is 0. The highest BCUT2D eigenvalue weighted by atomic mass is 127. The lowest BCUT2D eigenvalue weighted by Crippen LogP contribution is -1.70. The van der Waals surface area contributed by atoms with E-state index in [1.165, 1.54) is 0 Å². The van der Waals surface area contributed by atoms with E-state index in [-0.39, 0.29) is 0 Å². The summed E-state index contributed by atoms with van der Waals surface area (Å²) in [7, 11) is 0. The molecule has 0 N–H and O–H groups in total. The van der Waals surface area contributed by atoms with Crippen LogP contribution < -0.4 is 0 Å². The van der Waals surface area contributed by atoms with E-state index in [0.717, 1.165) is 19.4 Å². The molecule has 80 valence electrons. The first kappa shape index (κ1) is 11.7. The molecule has 0 radical (unpaired) electrons. The third-order valence-electron chi connectivity index (χ3n) is 1.95. The third kappa shape index (κ3) is 3.12. The number of hydrogen-bond acceptors (Lipinski definition) is 2. The Morgan fingerprint density at radius 3 is 2.25 bits per heavy atom. The minimum Gasteiger partial charge on any atom is -0.151 e. The molecule has 0 bridgehead atoms. The van der Waals surface area contributed by atoms with Crippen LogP contribution in [0, 0.1) is 3.57 Å². The highest BCUT2D eigenvalue weighted by molar-refractivity contribution is 14.1. The number of azo groups is 1. The molecular formula is C12H8BrIN2. The Morgan fingerprint density at radius 1 is 0.875 bits per heavy atom. The monoisotopic (exact) mass is 386 g/mol. The summed E-state index contributed by atoms with van der Waals surface area (Å²) in [6.45, 7) is 0. The Hall–Kier alpha value is -0.750. The second kappa shape index (κ2) is 5.54. The summed E-state index contributed by atoms with van der Waals surface area (Å²) >= 11 is 5.63. The van der Waals surface area contributed by atoms with Crippen LogP contribution in [0.25, 0.3) is 0 Å². The van der Waals surface area contributed by atoms with Crippen LogP contribution in [0.4, 0.5) is 11.4 Å². The Bertz CT molecular complexity index is 509. The molecule has 4 heteroatoms. The van der Waals surface area contributed by atoms with Gasteiger partial charge in [0, 0.05) is 8.04 Å². The van der Waals surface area contributed by atoms with Crippen LogP contribution in [-0.2, 0) is 0 Å². The van der Waals surface area contributed by atoms with Crippen molar-refractivity contribution in [2.75, 3.05) is 0 Å². The molecule has 2 aromatic carbocycles. The summed E-state index contributed by atoms with van der Waals surface area (Å²) in [6, 6.07) is 15.6. The van der Waals surface area contributed by atoms with Crippen molar-refractivity contribution in [2.45, 2.75) is 0 Å². The number of rotatable bonds is 2. The van der Waals surface area contributed by atoms with Crippen molar-refractivity contribution in [1.29, 1.82) is 0 Å². The lowest BCUT2D eigenvalue weighted by atomic mass is 10.3. The molecule has 0 saturated carbocycles. The maximum absolute atomic E-state index is 4.21. The number of hydrogen-bond donors (Lipinski definition) is 0. The Balaban J connectivity index is 2.21. The fourth-order valence-corrected chi connectivity index (χ4v) is 1.91. The SMILES string of the molecule is Brc1ccc(N=Nc2ccccc2I)cc1. The van der Waals surface area contributed by atoms with Gasteiger partial charge in [0.15, 0.2) is 0 Å². The smallest absolute Gasteiger partial charge is 0.0990 e. The summed E-state index contributed by atoms with van der Waals surface area (Å²) in [5.41, 5.74) is 1.74. The van der Waals surface area contributed by atoms with Gasteiger partial charge in [0.1, 0.15) is 0 Å². The van der Waals surface area contributed by atoms with Gasteiger partial charge in [-0.05, 0) is 59.0 Å². The average Bonchev–Trinajstić information content (AvgIpc) is 2.30. The minimum absolute atomic E-state index is 0.850. The van der Waals surface area contributed by atoms with Crippen LogP contribution in [0.1, 0.15) is 0 Å². The van der Waals surface area contributed by atoms with Crippen molar-refractivity contribution in [1.82, 2.24) is 0 Å². The van der Waals surface area contributed by atoms with E-state index in [4.69, 9.17) is 0 Å². The van der Waals surface area contributed by atoms with Crippen molar-refractivity contribution in [3.8, 4) is 0 Å². The molecule has 0 heterocycles. The maximum Gasteiger partial charge on any atom is 0.0990 e. The van der Waals surface area contributed by atoms with Gasteiger partial charge in [-0.25, -0.2) is 0 Å². The molecule has 0 unspecified atom stereocenters. The second-order valence-electron chi connectivity index (χ2n) is 3.13. The quantitative estimate of drug-likeness (QED) is 0.483. The van der Waals surface area contributed by atoms with Gasteiger partial charge in [-0.3, -0.25) is 0 Å². The molecule has 0 saturated heterocycles. The molecule has 0 aromatic heterocycles. The van der Waals surface area contributed by atoms with E-state index in [0.29, 0.717) is 0 Å².